The van der Waals surface area contributed by atoms with Gasteiger partial charge in [0.25, 0.3) is 0 Å². The molecule has 0 fully saturated rings. The maximum absolute atomic E-state index is 13.1. The van der Waals surface area contributed by atoms with Crippen molar-refractivity contribution in [2.45, 2.75) is 251 Å². The van der Waals surface area contributed by atoms with Gasteiger partial charge in [0.15, 0.2) is 0 Å². The summed E-state index contributed by atoms with van der Waals surface area (Å²) >= 11 is 0. The standard InChI is InChI=1S/C46H87NO5/c1-4-7-10-13-16-19-22-24-26-29-32-35-38-44(49)43(41-48)47-45(50)40-42(37-34-31-28-25-21-18-15-12-9-6-3)52-46(51)39-36-33-30-27-23-20-17-14-11-8-5-2/h14,17-18,21,42-44,48-49H,4-13,15-16,19-20,22-41H2,1-3H3,(H,47,50)/b17-14-,21-18-. The van der Waals surface area contributed by atoms with Crippen LogP contribution in [0.3, 0.4) is 0 Å². The van der Waals surface area contributed by atoms with E-state index < -0.39 is 18.2 Å². The second-order valence-corrected chi connectivity index (χ2v) is 15.4. The molecule has 0 saturated heterocycles. The number of amides is 1. The van der Waals surface area contributed by atoms with Crippen LogP contribution in [0.2, 0.25) is 0 Å². The maximum Gasteiger partial charge on any atom is 0.306 e. The van der Waals surface area contributed by atoms with Crippen LogP contribution in [0.1, 0.15) is 233 Å². The van der Waals surface area contributed by atoms with E-state index in [4.69, 9.17) is 4.74 Å². The number of hydrogen-bond acceptors (Lipinski definition) is 5. The summed E-state index contributed by atoms with van der Waals surface area (Å²) in [5.74, 6) is -0.498. The van der Waals surface area contributed by atoms with Crippen molar-refractivity contribution in [2.75, 3.05) is 6.61 Å². The maximum atomic E-state index is 13.1. The third kappa shape index (κ3) is 35.4. The van der Waals surface area contributed by atoms with Gasteiger partial charge in [-0.1, -0.05) is 173 Å². The Hall–Kier alpha value is -1.66. The van der Waals surface area contributed by atoms with Crippen LogP contribution in [0.5, 0.6) is 0 Å². The second-order valence-electron chi connectivity index (χ2n) is 15.4. The Labute approximate surface area is 322 Å². The Morgan fingerprint density at radius 1 is 0.538 bits per heavy atom. The highest BCUT2D eigenvalue weighted by Gasteiger charge is 2.24. The fourth-order valence-corrected chi connectivity index (χ4v) is 6.76. The van der Waals surface area contributed by atoms with Gasteiger partial charge < -0.3 is 20.3 Å². The number of carbonyl (C=O) groups excluding carboxylic acids is 2. The molecule has 3 atom stereocenters. The van der Waals surface area contributed by atoms with Gasteiger partial charge in [-0.3, -0.25) is 9.59 Å². The lowest BCUT2D eigenvalue weighted by molar-refractivity contribution is -0.151. The Morgan fingerprint density at radius 3 is 1.48 bits per heavy atom. The number of aliphatic hydroxyl groups excluding tert-OH is 2. The highest BCUT2D eigenvalue weighted by molar-refractivity contribution is 5.77. The van der Waals surface area contributed by atoms with Crippen LogP contribution in [0.15, 0.2) is 24.3 Å². The van der Waals surface area contributed by atoms with Gasteiger partial charge >= 0.3 is 5.97 Å². The lowest BCUT2D eigenvalue weighted by Gasteiger charge is -2.24. The van der Waals surface area contributed by atoms with E-state index in [1.807, 2.05) is 0 Å². The van der Waals surface area contributed by atoms with Crippen molar-refractivity contribution < 1.29 is 24.5 Å². The molecule has 0 aliphatic heterocycles. The van der Waals surface area contributed by atoms with Crippen LogP contribution in [0, 0.1) is 0 Å². The van der Waals surface area contributed by atoms with E-state index in [-0.39, 0.29) is 24.9 Å². The van der Waals surface area contributed by atoms with E-state index in [1.165, 1.54) is 109 Å². The van der Waals surface area contributed by atoms with E-state index in [2.05, 4.69) is 50.4 Å². The Kier molecular flexibility index (Phi) is 39.2. The molecule has 306 valence electrons. The first-order valence-electron chi connectivity index (χ1n) is 22.6. The molecule has 3 N–H and O–H groups in total. The molecule has 1 amide bonds. The first-order chi connectivity index (χ1) is 25.5. The minimum atomic E-state index is -0.787. The Balaban J connectivity index is 4.57. The van der Waals surface area contributed by atoms with E-state index in [0.29, 0.717) is 19.3 Å². The molecule has 0 radical (unpaired) electrons. The molecule has 0 bridgehead atoms. The van der Waals surface area contributed by atoms with Crippen LogP contribution in [0.25, 0.3) is 0 Å². The summed E-state index contributed by atoms with van der Waals surface area (Å²) in [5.41, 5.74) is 0. The first kappa shape index (κ1) is 50.3. The summed E-state index contributed by atoms with van der Waals surface area (Å²) in [5, 5.41) is 23.6. The summed E-state index contributed by atoms with van der Waals surface area (Å²) in [4.78, 5) is 25.9. The minimum absolute atomic E-state index is 0.0661. The van der Waals surface area contributed by atoms with Gasteiger partial charge in [-0.05, 0) is 70.6 Å². The Bertz CT molecular complexity index is 828. The number of carbonyl (C=O) groups is 2. The summed E-state index contributed by atoms with van der Waals surface area (Å²) in [6.07, 6.45) is 43.8. The summed E-state index contributed by atoms with van der Waals surface area (Å²) in [7, 11) is 0. The number of rotatable bonds is 40. The van der Waals surface area contributed by atoms with E-state index >= 15 is 0 Å². The van der Waals surface area contributed by atoms with Gasteiger partial charge in [-0.15, -0.1) is 0 Å². The molecular weight excluding hydrogens is 647 g/mol. The van der Waals surface area contributed by atoms with Crippen molar-refractivity contribution in [2.24, 2.45) is 0 Å². The molecule has 0 aliphatic rings. The molecule has 6 heteroatoms. The molecule has 0 rings (SSSR count). The number of aliphatic hydroxyl groups is 2. The Morgan fingerprint density at radius 2 is 0.942 bits per heavy atom. The first-order valence-corrected chi connectivity index (χ1v) is 22.6. The second kappa shape index (κ2) is 40.5. The van der Waals surface area contributed by atoms with Gasteiger partial charge in [0.05, 0.1) is 25.2 Å². The van der Waals surface area contributed by atoms with Crippen LogP contribution >= 0.6 is 0 Å². The third-order valence-electron chi connectivity index (χ3n) is 10.3. The highest BCUT2D eigenvalue weighted by Crippen LogP contribution is 2.17. The van der Waals surface area contributed by atoms with Crippen molar-refractivity contribution >= 4 is 11.9 Å². The number of hydrogen-bond donors (Lipinski definition) is 3. The van der Waals surface area contributed by atoms with Gasteiger partial charge in [0, 0.05) is 6.42 Å². The van der Waals surface area contributed by atoms with E-state index in [9.17, 15) is 19.8 Å². The molecule has 0 aliphatic carbocycles. The number of unbranched alkanes of at least 4 members (excludes halogenated alkanes) is 24. The fourth-order valence-electron chi connectivity index (χ4n) is 6.76. The highest BCUT2D eigenvalue weighted by atomic mass is 16.5. The lowest BCUT2D eigenvalue weighted by Crippen LogP contribution is -2.46. The largest absolute Gasteiger partial charge is 0.462 e. The van der Waals surface area contributed by atoms with Crippen molar-refractivity contribution in [3.63, 3.8) is 0 Å². The van der Waals surface area contributed by atoms with Gasteiger partial charge in [0.1, 0.15) is 6.10 Å². The average molecular weight is 734 g/mol. The van der Waals surface area contributed by atoms with E-state index in [1.54, 1.807) is 0 Å². The predicted octanol–water partition coefficient (Wildman–Crippen LogP) is 12.8. The quantitative estimate of drug-likeness (QED) is 0.0331. The molecular formula is C46H87NO5. The zero-order valence-electron chi connectivity index (χ0n) is 34.7. The van der Waals surface area contributed by atoms with Crippen molar-refractivity contribution in [1.82, 2.24) is 5.32 Å². The van der Waals surface area contributed by atoms with Gasteiger partial charge in [-0.2, -0.15) is 0 Å². The summed E-state index contributed by atoms with van der Waals surface area (Å²) < 4.78 is 5.87. The molecule has 0 heterocycles. The lowest BCUT2D eigenvalue weighted by atomic mass is 10.0. The monoisotopic (exact) mass is 734 g/mol. The van der Waals surface area contributed by atoms with Crippen molar-refractivity contribution in [3.8, 4) is 0 Å². The van der Waals surface area contributed by atoms with Crippen molar-refractivity contribution in [3.05, 3.63) is 24.3 Å². The topological polar surface area (TPSA) is 95.9 Å². The van der Waals surface area contributed by atoms with E-state index in [0.717, 1.165) is 77.0 Å². The molecule has 52 heavy (non-hydrogen) atoms. The molecule has 6 nitrogen and oxygen atoms in total. The number of nitrogens with one attached hydrogen (secondary N) is 1. The van der Waals surface area contributed by atoms with Crippen molar-refractivity contribution in [1.29, 1.82) is 0 Å². The predicted molar refractivity (Wildman–Crippen MR) is 223 cm³/mol. The number of allylic oxidation sites excluding steroid dienone is 4. The molecule has 0 spiro atoms. The SMILES string of the molecule is CCCC/C=C\CCCCCCCC(=O)OC(CCCCC/C=C\CCCCC)CC(=O)NC(CO)C(O)CCCCCCCCCCCCCC. The van der Waals surface area contributed by atoms with Gasteiger partial charge in [0.2, 0.25) is 5.91 Å². The third-order valence-corrected chi connectivity index (χ3v) is 10.3. The number of esters is 1. The zero-order valence-corrected chi connectivity index (χ0v) is 34.7. The van der Waals surface area contributed by atoms with Crippen LogP contribution in [-0.2, 0) is 14.3 Å². The molecule has 0 aromatic carbocycles. The molecule has 3 unspecified atom stereocenters. The normalized spacial score (nSPS) is 13.6. The van der Waals surface area contributed by atoms with Crippen LogP contribution in [0.4, 0.5) is 0 Å². The zero-order chi connectivity index (χ0) is 38.2. The summed E-state index contributed by atoms with van der Waals surface area (Å²) in [6.45, 7) is 6.40. The molecule has 0 saturated carbocycles. The smallest absolute Gasteiger partial charge is 0.306 e. The van der Waals surface area contributed by atoms with Gasteiger partial charge in [-0.25, -0.2) is 0 Å². The number of ether oxygens (including phenoxy) is 1. The van der Waals surface area contributed by atoms with Crippen LogP contribution < -0.4 is 5.32 Å². The summed E-state index contributed by atoms with van der Waals surface area (Å²) in [6, 6.07) is -0.701. The molecule has 0 aromatic rings. The minimum Gasteiger partial charge on any atom is -0.462 e. The molecule has 0 aromatic heterocycles. The fraction of sp³-hybridized carbons (Fsp3) is 0.870. The average Bonchev–Trinajstić information content (AvgIpc) is 3.13. The van der Waals surface area contributed by atoms with Crippen LogP contribution in [-0.4, -0.2) is 46.9 Å².